The summed E-state index contributed by atoms with van der Waals surface area (Å²) in [6, 6.07) is 7.90. The molecule has 2 atom stereocenters. The fourth-order valence-corrected chi connectivity index (χ4v) is 3.93. The number of aromatic amines is 1. The minimum atomic E-state index is -0.470. The predicted molar refractivity (Wildman–Crippen MR) is 97.1 cm³/mol. The highest BCUT2D eigenvalue weighted by molar-refractivity contribution is 5.94. The van der Waals surface area contributed by atoms with E-state index in [1.54, 1.807) is 0 Å². The maximum Gasteiger partial charge on any atom is 0.275 e. The average Bonchev–Trinajstić information content (AvgIpc) is 2.92. The number of nitrogens with one attached hydrogen (secondary N) is 1. The first kappa shape index (κ1) is 17.1. The van der Waals surface area contributed by atoms with Gasteiger partial charge in [0, 0.05) is 24.1 Å². The summed E-state index contributed by atoms with van der Waals surface area (Å²) in [6.45, 7) is 9.05. The molecule has 1 aromatic heterocycles. The molecular weight excluding hydrogens is 330 g/mol. The highest BCUT2D eigenvalue weighted by Crippen LogP contribution is 2.33. The molecule has 0 unspecified atom stereocenters. The van der Waals surface area contributed by atoms with E-state index in [1.165, 1.54) is 0 Å². The van der Waals surface area contributed by atoms with E-state index in [2.05, 4.69) is 10.2 Å². The van der Waals surface area contributed by atoms with E-state index in [9.17, 15) is 4.79 Å². The van der Waals surface area contributed by atoms with E-state index in [4.69, 9.17) is 9.47 Å². The van der Waals surface area contributed by atoms with Crippen LogP contribution in [0, 0.1) is 0 Å². The molecule has 1 amide bonds. The van der Waals surface area contributed by atoms with Crippen LogP contribution < -0.4 is 4.74 Å². The molecule has 26 heavy (non-hydrogen) atoms. The van der Waals surface area contributed by atoms with Gasteiger partial charge in [-0.15, -0.1) is 0 Å². The summed E-state index contributed by atoms with van der Waals surface area (Å²) < 4.78 is 12.0. The van der Waals surface area contributed by atoms with Crippen LogP contribution in [0.4, 0.5) is 0 Å². The number of aromatic nitrogens is 2. The Morgan fingerprint density at radius 2 is 2.08 bits per heavy atom. The lowest BCUT2D eigenvalue weighted by Gasteiger charge is -2.30. The fourth-order valence-electron chi connectivity index (χ4n) is 3.93. The third-order valence-electron chi connectivity index (χ3n) is 5.02. The zero-order valence-corrected chi connectivity index (χ0v) is 15.7. The molecule has 138 valence electrons. The second-order valence-electron chi connectivity index (χ2n) is 7.89. The number of H-pyrrole nitrogens is 1. The standard InChI is InChI=1S/C20H25N3O3/c1-12-9-15-17(13(2)25-12)21-22-18(15)19(24)23-10-14-7-5-6-8-16(14)26-20(3,4)11-23/h5-8,12-13H,9-11H2,1-4H3,(H,21,22)/t12-,13+/m1/s1. The summed E-state index contributed by atoms with van der Waals surface area (Å²) in [4.78, 5) is 15.2. The molecule has 2 aliphatic heterocycles. The van der Waals surface area contributed by atoms with Gasteiger partial charge in [-0.2, -0.15) is 5.10 Å². The molecule has 2 aromatic rings. The fraction of sp³-hybridized carbons (Fsp3) is 0.500. The van der Waals surface area contributed by atoms with E-state index in [0.29, 0.717) is 25.2 Å². The summed E-state index contributed by atoms with van der Waals surface area (Å²) >= 11 is 0. The quantitative estimate of drug-likeness (QED) is 0.853. The van der Waals surface area contributed by atoms with Crippen LogP contribution in [-0.4, -0.2) is 39.3 Å². The summed E-state index contributed by atoms with van der Waals surface area (Å²) in [7, 11) is 0. The Morgan fingerprint density at radius 1 is 1.31 bits per heavy atom. The van der Waals surface area contributed by atoms with E-state index < -0.39 is 5.60 Å². The van der Waals surface area contributed by atoms with Gasteiger partial charge in [0.05, 0.1) is 24.4 Å². The minimum absolute atomic E-state index is 0.0582. The van der Waals surface area contributed by atoms with E-state index >= 15 is 0 Å². The van der Waals surface area contributed by atoms with Crippen LogP contribution in [0.15, 0.2) is 24.3 Å². The number of hydrogen-bond acceptors (Lipinski definition) is 4. The van der Waals surface area contributed by atoms with Gasteiger partial charge in [0.15, 0.2) is 5.69 Å². The van der Waals surface area contributed by atoms with Crippen molar-refractivity contribution in [1.82, 2.24) is 15.1 Å². The molecule has 0 aliphatic carbocycles. The topological polar surface area (TPSA) is 67.5 Å². The van der Waals surface area contributed by atoms with Crippen LogP contribution in [0.25, 0.3) is 0 Å². The van der Waals surface area contributed by atoms with Crippen molar-refractivity contribution < 1.29 is 14.3 Å². The van der Waals surface area contributed by atoms with Gasteiger partial charge in [0.2, 0.25) is 0 Å². The molecule has 4 rings (SSSR count). The minimum Gasteiger partial charge on any atom is -0.486 e. The van der Waals surface area contributed by atoms with Gasteiger partial charge in [-0.1, -0.05) is 18.2 Å². The first-order valence-electron chi connectivity index (χ1n) is 9.13. The maximum absolute atomic E-state index is 13.3. The third-order valence-corrected chi connectivity index (χ3v) is 5.02. The van der Waals surface area contributed by atoms with Gasteiger partial charge < -0.3 is 14.4 Å². The number of amides is 1. The van der Waals surface area contributed by atoms with Crippen LogP contribution >= 0.6 is 0 Å². The number of ether oxygens (including phenoxy) is 2. The Morgan fingerprint density at radius 3 is 2.88 bits per heavy atom. The van der Waals surface area contributed by atoms with Crippen molar-refractivity contribution in [3.05, 3.63) is 46.8 Å². The average molecular weight is 355 g/mol. The van der Waals surface area contributed by atoms with Gasteiger partial charge >= 0.3 is 0 Å². The van der Waals surface area contributed by atoms with Crippen molar-refractivity contribution in [1.29, 1.82) is 0 Å². The first-order chi connectivity index (χ1) is 12.3. The van der Waals surface area contributed by atoms with Crippen LogP contribution in [0.2, 0.25) is 0 Å². The predicted octanol–water partition coefficient (Wildman–Crippen LogP) is 3.25. The number of rotatable bonds is 1. The Kier molecular flexibility index (Phi) is 4.03. The Balaban J connectivity index is 1.69. The van der Waals surface area contributed by atoms with Gasteiger partial charge in [-0.05, 0) is 33.8 Å². The summed E-state index contributed by atoms with van der Waals surface area (Å²) in [6.07, 6.45) is 0.695. The molecular formula is C20H25N3O3. The second kappa shape index (κ2) is 6.13. The monoisotopic (exact) mass is 355 g/mol. The zero-order chi connectivity index (χ0) is 18.5. The molecule has 1 N–H and O–H groups in total. The lowest BCUT2D eigenvalue weighted by Crippen LogP contribution is -2.43. The highest BCUT2D eigenvalue weighted by Gasteiger charge is 2.35. The van der Waals surface area contributed by atoms with Crippen molar-refractivity contribution in [2.75, 3.05) is 6.54 Å². The number of nitrogens with zero attached hydrogens (tertiary/aromatic N) is 2. The van der Waals surface area contributed by atoms with Crippen molar-refractivity contribution >= 4 is 5.91 Å². The SMILES string of the molecule is C[C@@H]1Cc2c(C(=O)N3Cc4ccccc4OC(C)(C)C3)n[nH]c2[C@H](C)O1. The van der Waals surface area contributed by atoms with Gasteiger partial charge in [-0.25, -0.2) is 0 Å². The van der Waals surface area contributed by atoms with Gasteiger partial charge in [-0.3, -0.25) is 9.89 Å². The number of carbonyl (C=O) groups excluding carboxylic acids is 1. The molecule has 0 spiro atoms. The lowest BCUT2D eigenvalue weighted by atomic mass is 9.99. The number of carbonyl (C=O) groups is 1. The smallest absolute Gasteiger partial charge is 0.275 e. The zero-order valence-electron chi connectivity index (χ0n) is 15.7. The first-order valence-corrected chi connectivity index (χ1v) is 9.13. The molecule has 2 aliphatic rings. The summed E-state index contributed by atoms with van der Waals surface area (Å²) in [5, 5.41) is 7.37. The molecule has 0 radical (unpaired) electrons. The molecule has 1 aromatic carbocycles. The van der Waals surface area contributed by atoms with Crippen LogP contribution in [0.5, 0.6) is 5.75 Å². The molecule has 0 saturated carbocycles. The normalized spacial score (nSPS) is 24.2. The van der Waals surface area contributed by atoms with Crippen molar-refractivity contribution in [3.8, 4) is 5.75 Å². The highest BCUT2D eigenvalue weighted by atomic mass is 16.5. The van der Waals surface area contributed by atoms with Crippen LogP contribution in [0.1, 0.15) is 61.1 Å². The number of para-hydroxylation sites is 1. The summed E-state index contributed by atoms with van der Waals surface area (Å²) in [5.74, 6) is 0.782. The maximum atomic E-state index is 13.3. The Bertz CT molecular complexity index is 843. The number of benzene rings is 1. The van der Waals surface area contributed by atoms with Crippen LogP contribution in [-0.2, 0) is 17.7 Å². The van der Waals surface area contributed by atoms with Crippen molar-refractivity contribution in [2.24, 2.45) is 0 Å². The number of fused-ring (bicyclic) bond motifs is 2. The largest absolute Gasteiger partial charge is 0.486 e. The van der Waals surface area contributed by atoms with E-state index in [-0.39, 0.29) is 18.1 Å². The number of hydrogen-bond donors (Lipinski definition) is 1. The summed E-state index contributed by atoms with van der Waals surface area (Å²) in [5.41, 5.74) is 2.95. The molecule has 0 saturated heterocycles. The van der Waals surface area contributed by atoms with Gasteiger partial charge in [0.1, 0.15) is 11.4 Å². The van der Waals surface area contributed by atoms with Crippen LogP contribution in [0.3, 0.4) is 0 Å². The van der Waals surface area contributed by atoms with E-state index in [0.717, 1.165) is 22.6 Å². The molecule has 3 heterocycles. The van der Waals surface area contributed by atoms with Gasteiger partial charge in [0.25, 0.3) is 5.91 Å². The lowest BCUT2D eigenvalue weighted by molar-refractivity contribution is -0.00707. The second-order valence-corrected chi connectivity index (χ2v) is 7.89. The molecule has 6 nitrogen and oxygen atoms in total. The van der Waals surface area contributed by atoms with Crippen molar-refractivity contribution in [3.63, 3.8) is 0 Å². The van der Waals surface area contributed by atoms with Crippen molar-refractivity contribution in [2.45, 2.75) is 58.5 Å². The Labute approximate surface area is 153 Å². The van der Waals surface area contributed by atoms with E-state index in [1.807, 2.05) is 56.9 Å². The molecule has 0 bridgehead atoms. The third kappa shape index (κ3) is 2.98. The molecule has 0 fully saturated rings. The Hall–Kier alpha value is -2.34. The molecule has 6 heteroatoms.